The molecular weight excluding hydrogens is 458 g/mol. The summed E-state index contributed by atoms with van der Waals surface area (Å²) >= 11 is 0. The average molecular weight is 490 g/mol. The lowest BCUT2D eigenvalue weighted by Crippen LogP contribution is -2.19. The first-order chi connectivity index (χ1) is 17.2. The number of rotatable bonds is 6. The maximum atomic E-state index is 12.3. The molecule has 7 heteroatoms. The summed E-state index contributed by atoms with van der Waals surface area (Å²) in [6.45, 7) is 2.21. The van der Waals surface area contributed by atoms with Crippen LogP contribution in [0.3, 0.4) is 0 Å². The molecule has 3 aromatic rings. The Hall–Kier alpha value is -2.82. The molecule has 0 radical (unpaired) electrons. The summed E-state index contributed by atoms with van der Waals surface area (Å²) in [4.78, 5) is 0. The van der Waals surface area contributed by atoms with Crippen LogP contribution in [0.4, 0.5) is 5.69 Å². The van der Waals surface area contributed by atoms with Gasteiger partial charge in [0.1, 0.15) is 29.4 Å². The Bertz CT molecular complexity index is 1280. The first-order valence-corrected chi connectivity index (χ1v) is 14.1. The Balaban J connectivity index is 1.41. The summed E-state index contributed by atoms with van der Waals surface area (Å²) in [6, 6.07) is 17.3. The predicted molar refractivity (Wildman–Crippen MR) is 139 cm³/mol. The number of anilines is 1. The minimum atomic E-state index is -0.940. The lowest BCUT2D eigenvalue weighted by molar-refractivity contribution is 0.0680. The zero-order valence-corrected chi connectivity index (χ0v) is 20.8. The van der Waals surface area contributed by atoms with E-state index in [1.54, 1.807) is 0 Å². The van der Waals surface area contributed by atoms with E-state index in [1.165, 1.54) is 12.8 Å². The van der Waals surface area contributed by atoms with Gasteiger partial charge in [-0.3, -0.25) is 4.31 Å². The van der Waals surface area contributed by atoms with E-state index in [2.05, 4.69) is 28.8 Å². The summed E-state index contributed by atoms with van der Waals surface area (Å²) in [6.07, 6.45) is 7.92. The van der Waals surface area contributed by atoms with E-state index in [-0.39, 0.29) is 6.10 Å². The first-order valence-electron chi connectivity index (χ1n) is 12.8. The molecule has 6 nitrogen and oxygen atoms in total. The number of nitrogens with zero attached hydrogens (tertiary/aromatic N) is 3. The van der Waals surface area contributed by atoms with Gasteiger partial charge in [0.2, 0.25) is 0 Å². The zero-order chi connectivity index (χ0) is 23.8. The highest BCUT2D eigenvalue weighted by Crippen LogP contribution is 2.42. The third-order valence-electron chi connectivity index (χ3n) is 7.59. The van der Waals surface area contributed by atoms with Gasteiger partial charge in [0.25, 0.3) is 0 Å². The highest BCUT2D eigenvalue weighted by atomic mass is 32.2. The van der Waals surface area contributed by atoms with Crippen LogP contribution >= 0.6 is 0 Å². The lowest BCUT2D eigenvalue weighted by Gasteiger charge is -2.20. The largest absolute Gasteiger partial charge is 0.491 e. The molecule has 0 amide bonds. The van der Waals surface area contributed by atoms with Crippen LogP contribution in [-0.4, -0.2) is 40.4 Å². The number of nitriles is 1. The van der Waals surface area contributed by atoms with E-state index in [1.807, 2.05) is 28.6 Å². The Kier molecular flexibility index (Phi) is 6.26. The normalized spacial score (nSPS) is 22.8. The third-order valence-corrected chi connectivity index (χ3v) is 9.11. The van der Waals surface area contributed by atoms with Crippen molar-refractivity contribution in [2.75, 3.05) is 29.8 Å². The van der Waals surface area contributed by atoms with Crippen molar-refractivity contribution in [3.8, 4) is 23.1 Å². The quantitative estimate of drug-likeness (QED) is 0.444. The molecule has 2 saturated heterocycles. The molecule has 2 unspecified atom stereocenters. The standard InChI is InChI=1S/C28H31N3O3S/c29-18-26-25-13-12-23(34-19-24-7-3-15-33-24)17-27(25)31(22-5-1-2-6-22)28(26)20-8-10-21(11-9-20)30-14-4-16-35(30)32/h8-13,17,22,24H,1-7,14-16,19H2. The van der Waals surface area contributed by atoms with Gasteiger partial charge in [-0.1, -0.05) is 25.0 Å². The summed E-state index contributed by atoms with van der Waals surface area (Å²) in [7, 11) is -0.940. The van der Waals surface area contributed by atoms with Gasteiger partial charge in [-0.15, -0.1) is 0 Å². The summed E-state index contributed by atoms with van der Waals surface area (Å²) in [5, 5.41) is 11.2. The molecule has 6 rings (SSSR count). The molecule has 3 fully saturated rings. The van der Waals surface area contributed by atoms with Crippen LogP contribution in [0.5, 0.6) is 5.75 Å². The molecule has 182 valence electrons. The number of aromatic nitrogens is 1. The van der Waals surface area contributed by atoms with Crippen molar-refractivity contribution in [2.45, 2.75) is 57.1 Å². The molecule has 0 N–H and O–H groups in total. The summed E-state index contributed by atoms with van der Waals surface area (Å²) in [5.74, 6) is 1.56. The van der Waals surface area contributed by atoms with E-state index in [4.69, 9.17) is 9.47 Å². The Morgan fingerprint density at radius 2 is 1.89 bits per heavy atom. The van der Waals surface area contributed by atoms with Gasteiger partial charge in [-0.2, -0.15) is 5.26 Å². The fourth-order valence-corrected chi connectivity index (χ4v) is 7.15. The molecule has 3 aliphatic rings. The Morgan fingerprint density at radius 3 is 2.57 bits per heavy atom. The number of hydrogen-bond donors (Lipinski definition) is 0. The van der Waals surface area contributed by atoms with Crippen LogP contribution in [-0.2, 0) is 15.7 Å². The van der Waals surface area contributed by atoms with Crippen LogP contribution < -0.4 is 9.04 Å². The molecule has 1 aliphatic carbocycles. The summed E-state index contributed by atoms with van der Waals surface area (Å²) in [5.41, 5.74) is 4.78. The van der Waals surface area contributed by atoms with Crippen molar-refractivity contribution in [1.82, 2.24) is 4.57 Å². The second kappa shape index (κ2) is 9.67. The van der Waals surface area contributed by atoms with Gasteiger partial charge >= 0.3 is 0 Å². The third kappa shape index (κ3) is 4.23. The van der Waals surface area contributed by atoms with E-state index in [0.717, 1.165) is 90.2 Å². The van der Waals surface area contributed by atoms with Gasteiger partial charge in [0.05, 0.1) is 22.9 Å². The highest BCUT2D eigenvalue weighted by Gasteiger charge is 2.27. The minimum Gasteiger partial charge on any atom is -0.491 e. The van der Waals surface area contributed by atoms with Gasteiger partial charge in [0, 0.05) is 42.1 Å². The maximum Gasteiger partial charge on any atom is 0.121 e. The van der Waals surface area contributed by atoms with Crippen molar-refractivity contribution in [3.05, 3.63) is 48.0 Å². The molecule has 3 heterocycles. The molecular formula is C28H31N3O3S. The van der Waals surface area contributed by atoms with Crippen LogP contribution in [0.25, 0.3) is 22.2 Å². The molecule has 2 aromatic carbocycles. The van der Waals surface area contributed by atoms with Crippen molar-refractivity contribution in [1.29, 1.82) is 5.26 Å². The topological polar surface area (TPSA) is 67.5 Å². The molecule has 1 aromatic heterocycles. The Labute approximate surface area is 209 Å². The molecule has 2 aliphatic heterocycles. The lowest BCUT2D eigenvalue weighted by atomic mass is 10.1. The van der Waals surface area contributed by atoms with Gasteiger partial charge < -0.3 is 14.0 Å². The molecule has 0 spiro atoms. The average Bonchev–Trinajstić information content (AvgIpc) is 3.69. The Morgan fingerprint density at radius 1 is 1.06 bits per heavy atom. The zero-order valence-electron chi connectivity index (χ0n) is 19.9. The molecule has 35 heavy (non-hydrogen) atoms. The van der Waals surface area contributed by atoms with E-state index in [0.29, 0.717) is 12.6 Å². The molecule has 0 bridgehead atoms. The predicted octanol–water partition coefficient (Wildman–Crippen LogP) is 5.73. The first kappa shape index (κ1) is 22.6. The number of fused-ring (bicyclic) bond motifs is 1. The molecule has 2 atom stereocenters. The van der Waals surface area contributed by atoms with Crippen molar-refractivity contribution < 1.29 is 13.7 Å². The SMILES string of the molecule is N#Cc1c(-c2ccc(N3CCCS3=O)cc2)n(C2CCCC2)c2cc(OCC3CCCO3)ccc12. The summed E-state index contributed by atoms with van der Waals surface area (Å²) < 4.78 is 28.5. The smallest absolute Gasteiger partial charge is 0.121 e. The number of ether oxygens (including phenoxy) is 2. The van der Waals surface area contributed by atoms with E-state index in [9.17, 15) is 9.47 Å². The van der Waals surface area contributed by atoms with Crippen LogP contribution in [0.2, 0.25) is 0 Å². The monoisotopic (exact) mass is 489 g/mol. The van der Waals surface area contributed by atoms with E-state index < -0.39 is 11.0 Å². The maximum absolute atomic E-state index is 12.3. The van der Waals surface area contributed by atoms with Gasteiger partial charge in [-0.25, -0.2) is 4.21 Å². The van der Waals surface area contributed by atoms with Crippen molar-refractivity contribution in [3.63, 3.8) is 0 Å². The second-order valence-electron chi connectivity index (χ2n) is 9.80. The minimum absolute atomic E-state index is 0.168. The van der Waals surface area contributed by atoms with E-state index >= 15 is 0 Å². The van der Waals surface area contributed by atoms with Crippen LogP contribution in [0.15, 0.2) is 42.5 Å². The number of hydrogen-bond acceptors (Lipinski definition) is 4. The van der Waals surface area contributed by atoms with Crippen molar-refractivity contribution >= 4 is 27.6 Å². The fraction of sp³-hybridized carbons (Fsp3) is 0.464. The van der Waals surface area contributed by atoms with Gasteiger partial charge in [0.15, 0.2) is 0 Å². The number of benzene rings is 2. The second-order valence-corrected chi connectivity index (χ2v) is 11.3. The van der Waals surface area contributed by atoms with Crippen LogP contribution in [0.1, 0.15) is 56.6 Å². The fourth-order valence-electron chi connectivity index (χ4n) is 5.86. The molecule has 1 saturated carbocycles. The highest BCUT2D eigenvalue weighted by molar-refractivity contribution is 7.86. The van der Waals surface area contributed by atoms with Gasteiger partial charge in [-0.05, 0) is 61.9 Å². The van der Waals surface area contributed by atoms with Crippen molar-refractivity contribution in [2.24, 2.45) is 0 Å². The van der Waals surface area contributed by atoms with Crippen LogP contribution in [0, 0.1) is 11.3 Å².